The summed E-state index contributed by atoms with van der Waals surface area (Å²) in [6, 6.07) is 10.5. The number of halogens is 1. The van der Waals surface area contributed by atoms with Crippen molar-refractivity contribution >= 4 is 29.1 Å². The molecule has 6 heteroatoms. The van der Waals surface area contributed by atoms with Gasteiger partial charge in [0.2, 0.25) is 5.91 Å². The number of rotatable bonds is 4. The molecule has 0 unspecified atom stereocenters. The van der Waals surface area contributed by atoms with Crippen LogP contribution in [0.2, 0.25) is 5.02 Å². The van der Waals surface area contributed by atoms with Crippen LogP contribution in [0.5, 0.6) is 5.75 Å². The van der Waals surface area contributed by atoms with Gasteiger partial charge in [-0.3, -0.25) is 14.4 Å². The van der Waals surface area contributed by atoms with Crippen LogP contribution in [-0.2, 0) is 4.79 Å². The van der Waals surface area contributed by atoms with Gasteiger partial charge in [0.15, 0.2) is 11.6 Å². The van der Waals surface area contributed by atoms with E-state index in [1.165, 1.54) is 0 Å². The summed E-state index contributed by atoms with van der Waals surface area (Å²) in [7, 11) is 0. The van der Waals surface area contributed by atoms with Crippen LogP contribution in [-0.4, -0.2) is 41.1 Å². The van der Waals surface area contributed by atoms with Crippen molar-refractivity contribution in [3.63, 3.8) is 0 Å². The summed E-state index contributed by atoms with van der Waals surface area (Å²) < 4.78 is 6.41. The van der Waals surface area contributed by atoms with Crippen LogP contribution in [0.1, 0.15) is 63.9 Å². The molecule has 1 fully saturated rings. The quantitative estimate of drug-likeness (QED) is 0.632. The first-order valence-corrected chi connectivity index (χ1v) is 11.0. The molecule has 31 heavy (non-hydrogen) atoms. The number of piperidine rings is 1. The molecule has 1 spiro atoms. The summed E-state index contributed by atoms with van der Waals surface area (Å²) in [5, 5.41) is 0.575. The van der Waals surface area contributed by atoms with E-state index in [4.69, 9.17) is 16.3 Å². The van der Waals surface area contributed by atoms with Gasteiger partial charge in [-0.25, -0.2) is 0 Å². The van der Waals surface area contributed by atoms with E-state index in [2.05, 4.69) is 0 Å². The Balaban J connectivity index is 1.35. The fourth-order valence-electron chi connectivity index (χ4n) is 4.38. The van der Waals surface area contributed by atoms with Crippen LogP contribution in [0.3, 0.4) is 0 Å². The molecule has 0 N–H and O–H groups in total. The maximum atomic E-state index is 12.8. The number of hydrogen-bond acceptors (Lipinski definition) is 4. The van der Waals surface area contributed by atoms with Crippen LogP contribution in [0.15, 0.2) is 36.4 Å². The Bertz CT molecular complexity index is 1040. The predicted molar refractivity (Wildman–Crippen MR) is 119 cm³/mol. The monoisotopic (exact) mass is 439 g/mol. The van der Waals surface area contributed by atoms with Gasteiger partial charge >= 0.3 is 0 Å². The van der Waals surface area contributed by atoms with Gasteiger partial charge in [0.1, 0.15) is 11.4 Å². The summed E-state index contributed by atoms with van der Waals surface area (Å²) in [4.78, 5) is 39.5. The molecule has 0 bridgehead atoms. The van der Waals surface area contributed by atoms with E-state index < -0.39 is 5.60 Å². The zero-order valence-corrected chi connectivity index (χ0v) is 18.6. The SMILES string of the molecule is Cc1ccc2c(c1C)OC1(CCN(C(=O)CCC(=O)c3ccc(Cl)cc3)CC1)CC2=O. The molecular formula is C25H26ClNO4. The van der Waals surface area contributed by atoms with Gasteiger partial charge in [-0.15, -0.1) is 0 Å². The van der Waals surface area contributed by atoms with E-state index in [1.807, 2.05) is 26.0 Å². The largest absolute Gasteiger partial charge is 0.486 e. The Kier molecular flexibility index (Phi) is 5.89. The predicted octanol–water partition coefficient (Wildman–Crippen LogP) is 4.95. The lowest BCUT2D eigenvalue weighted by Gasteiger charge is -2.44. The first kappa shape index (κ1) is 21.6. The van der Waals surface area contributed by atoms with Gasteiger partial charge in [0.05, 0.1) is 12.0 Å². The van der Waals surface area contributed by atoms with Crippen LogP contribution < -0.4 is 4.74 Å². The number of benzene rings is 2. The van der Waals surface area contributed by atoms with Crippen molar-refractivity contribution in [3.8, 4) is 5.75 Å². The van der Waals surface area contributed by atoms with E-state index in [0.29, 0.717) is 54.3 Å². The van der Waals surface area contributed by atoms with Gasteiger partial charge in [-0.2, -0.15) is 0 Å². The average molecular weight is 440 g/mol. The zero-order chi connectivity index (χ0) is 22.2. The fraction of sp³-hybridized carbons (Fsp3) is 0.400. The topological polar surface area (TPSA) is 63.7 Å². The first-order valence-electron chi connectivity index (χ1n) is 10.7. The van der Waals surface area contributed by atoms with Crippen molar-refractivity contribution in [1.82, 2.24) is 4.90 Å². The summed E-state index contributed by atoms with van der Waals surface area (Å²) in [6.45, 7) is 5.05. The third-order valence-electron chi connectivity index (χ3n) is 6.54. The summed E-state index contributed by atoms with van der Waals surface area (Å²) >= 11 is 5.86. The van der Waals surface area contributed by atoms with Gasteiger partial charge in [-0.1, -0.05) is 17.7 Å². The highest BCUT2D eigenvalue weighted by molar-refractivity contribution is 6.30. The number of nitrogens with zero attached hydrogens (tertiary/aromatic N) is 1. The molecular weight excluding hydrogens is 414 g/mol. The maximum absolute atomic E-state index is 12.8. The normalized spacial score (nSPS) is 17.3. The molecule has 4 rings (SSSR count). The number of carbonyl (C=O) groups is 3. The molecule has 2 aliphatic heterocycles. The second-order valence-corrected chi connectivity index (χ2v) is 9.02. The second-order valence-electron chi connectivity index (χ2n) is 8.58. The third kappa shape index (κ3) is 4.38. The molecule has 1 saturated heterocycles. The van der Waals surface area contributed by atoms with E-state index in [0.717, 1.165) is 11.1 Å². The van der Waals surface area contributed by atoms with Crippen molar-refractivity contribution in [2.75, 3.05) is 13.1 Å². The van der Waals surface area contributed by atoms with Crippen molar-refractivity contribution < 1.29 is 19.1 Å². The number of fused-ring (bicyclic) bond motifs is 1. The minimum absolute atomic E-state index is 0.0354. The molecule has 0 atom stereocenters. The van der Waals surface area contributed by atoms with Crippen LogP contribution in [0, 0.1) is 13.8 Å². The van der Waals surface area contributed by atoms with Gasteiger partial charge in [-0.05, 0) is 55.3 Å². The van der Waals surface area contributed by atoms with Crippen molar-refractivity contribution in [1.29, 1.82) is 0 Å². The molecule has 0 aromatic heterocycles. The van der Waals surface area contributed by atoms with Crippen LogP contribution in [0.4, 0.5) is 0 Å². The number of ketones is 2. The molecule has 1 amide bonds. The Morgan fingerprint density at radius 3 is 2.39 bits per heavy atom. The lowest BCUT2D eigenvalue weighted by molar-refractivity contribution is -0.134. The molecule has 0 saturated carbocycles. The number of Topliss-reactive ketones (excluding diaryl/α,β-unsaturated/α-hetero) is 2. The Morgan fingerprint density at radius 2 is 1.71 bits per heavy atom. The Labute approximate surface area is 187 Å². The lowest BCUT2D eigenvalue weighted by atomic mass is 9.81. The van der Waals surface area contributed by atoms with Crippen LogP contribution in [0.25, 0.3) is 0 Å². The number of likely N-dealkylation sites (tertiary alicyclic amines) is 1. The Morgan fingerprint density at radius 1 is 1.03 bits per heavy atom. The standard InChI is InChI=1S/C25H26ClNO4/c1-16-3-8-20-22(29)15-25(31-24(20)17(16)2)11-13-27(14-12-25)23(30)10-9-21(28)18-4-6-19(26)7-5-18/h3-8H,9-15H2,1-2H3. The minimum Gasteiger partial charge on any atom is -0.486 e. The second kappa shape index (κ2) is 8.46. The maximum Gasteiger partial charge on any atom is 0.223 e. The number of carbonyl (C=O) groups excluding carboxylic acids is 3. The highest BCUT2D eigenvalue weighted by Gasteiger charge is 2.44. The van der Waals surface area contributed by atoms with E-state index >= 15 is 0 Å². The van der Waals surface area contributed by atoms with Crippen molar-refractivity contribution in [3.05, 3.63) is 63.7 Å². The molecule has 2 heterocycles. The third-order valence-corrected chi connectivity index (χ3v) is 6.79. The van der Waals surface area contributed by atoms with Gasteiger partial charge < -0.3 is 9.64 Å². The Hall–Kier alpha value is -2.66. The fourth-order valence-corrected chi connectivity index (χ4v) is 4.51. The molecule has 162 valence electrons. The molecule has 2 aliphatic rings. The van der Waals surface area contributed by atoms with E-state index in [1.54, 1.807) is 29.2 Å². The number of aryl methyl sites for hydroxylation is 1. The van der Waals surface area contributed by atoms with E-state index in [-0.39, 0.29) is 30.3 Å². The smallest absolute Gasteiger partial charge is 0.223 e. The first-order chi connectivity index (χ1) is 14.8. The summed E-state index contributed by atoms with van der Waals surface area (Å²) in [5.41, 5.74) is 2.78. The summed E-state index contributed by atoms with van der Waals surface area (Å²) in [5.74, 6) is 0.705. The molecule has 5 nitrogen and oxygen atoms in total. The van der Waals surface area contributed by atoms with Gasteiger partial charge in [0, 0.05) is 49.4 Å². The van der Waals surface area contributed by atoms with Crippen molar-refractivity contribution in [2.24, 2.45) is 0 Å². The molecule has 2 aromatic carbocycles. The summed E-state index contributed by atoms with van der Waals surface area (Å²) in [6.07, 6.45) is 1.92. The zero-order valence-electron chi connectivity index (χ0n) is 17.9. The molecule has 0 radical (unpaired) electrons. The number of amides is 1. The average Bonchev–Trinajstić information content (AvgIpc) is 2.76. The molecule has 2 aromatic rings. The highest BCUT2D eigenvalue weighted by atomic mass is 35.5. The number of hydrogen-bond donors (Lipinski definition) is 0. The van der Waals surface area contributed by atoms with E-state index in [9.17, 15) is 14.4 Å². The lowest BCUT2D eigenvalue weighted by Crippen LogP contribution is -2.52. The molecule has 0 aliphatic carbocycles. The minimum atomic E-state index is -0.543. The number of ether oxygens (including phenoxy) is 1. The van der Waals surface area contributed by atoms with Gasteiger partial charge in [0.25, 0.3) is 0 Å². The highest BCUT2D eigenvalue weighted by Crippen LogP contribution is 2.41. The van der Waals surface area contributed by atoms with Crippen molar-refractivity contribution in [2.45, 2.75) is 51.6 Å². The van der Waals surface area contributed by atoms with Crippen LogP contribution >= 0.6 is 11.6 Å².